The Morgan fingerprint density at radius 2 is 0.556 bits per heavy atom. The number of hydrogen-bond donors (Lipinski definition) is 0. The van der Waals surface area contributed by atoms with E-state index in [1.807, 2.05) is 24.3 Å². The zero-order valence-corrected chi connectivity index (χ0v) is 34.6. The van der Waals surface area contributed by atoms with E-state index in [0.29, 0.717) is 0 Å². The molecule has 0 spiro atoms. The maximum absolute atomic E-state index is 8.00. The molecule has 0 bridgehead atoms. The van der Waals surface area contributed by atoms with Crippen molar-refractivity contribution in [1.29, 1.82) is 0 Å². The van der Waals surface area contributed by atoms with E-state index in [-0.39, 0.29) is 0 Å². The lowest BCUT2D eigenvalue weighted by Gasteiger charge is -2.47. The van der Waals surface area contributed by atoms with Crippen molar-refractivity contribution in [3.63, 3.8) is 0 Å². The largest absolute Gasteiger partial charge is 0.437 e. The van der Waals surface area contributed by atoms with Gasteiger partial charge in [-0.2, -0.15) is 0 Å². The smallest absolute Gasteiger partial charge is 0.389 e. The first-order valence-corrected chi connectivity index (χ1v) is 31.8. The van der Waals surface area contributed by atoms with E-state index < -0.39 is 50.9 Å². The Hall–Kier alpha value is -2.02. The van der Waals surface area contributed by atoms with Crippen LogP contribution in [0.1, 0.15) is 0 Å². The number of benzene rings is 4. The zero-order chi connectivity index (χ0) is 33.0. The Labute approximate surface area is 277 Å². The van der Waals surface area contributed by atoms with Gasteiger partial charge in [-0.15, -0.1) is 0 Å². The summed E-state index contributed by atoms with van der Waals surface area (Å²) in [4.78, 5) is 0. The van der Waals surface area contributed by atoms with E-state index in [2.05, 4.69) is 163 Å². The molecule has 11 heteroatoms. The molecule has 0 heterocycles. The van der Waals surface area contributed by atoms with Crippen LogP contribution in [0, 0.1) is 0 Å². The lowest BCUT2D eigenvalue weighted by Crippen LogP contribution is -2.78. The average molecular weight is 707 g/mol. The molecular formula is C34H50O5Si6. The standard InChI is InChI=1S/C34H50O5Si6/c1-40(2,3)35-42(7,8)37-43(9,10)38-45(33-27-19-13-20-28-33,34-29-21-14-22-30-34)39-44(36-41(4,5)6,31-23-15-11-16-24-31)32-25-17-12-18-26-32/h11-30H,1-10H3. The van der Waals surface area contributed by atoms with E-state index in [0.717, 1.165) is 20.7 Å². The quantitative estimate of drug-likeness (QED) is 0.137. The van der Waals surface area contributed by atoms with Crippen molar-refractivity contribution in [2.24, 2.45) is 0 Å². The second-order valence-electron chi connectivity index (χ2n) is 14.2. The molecule has 5 nitrogen and oxygen atoms in total. The summed E-state index contributed by atoms with van der Waals surface area (Å²) in [5.74, 6) is 0. The molecular weight excluding hydrogens is 657 g/mol. The van der Waals surface area contributed by atoms with Crippen molar-refractivity contribution in [3.05, 3.63) is 121 Å². The predicted octanol–water partition coefficient (Wildman–Crippen LogP) is 6.66. The summed E-state index contributed by atoms with van der Waals surface area (Å²) in [6.45, 7) is 21.9. The highest BCUT2D eigenvalue weighted by atomic mass is 28.5. The van der Waals surface area contributed by atoms with Crippen LogP contribution in [0.4, 0.5) is 0 Å². The maximum atomic E-state index is 8.00. The molecule has 0 aromatic heterocycles. The van der Waals surface area contributed by atoms with Crippen molar-refractivity contribution < 1.29 is 20.6 Å². The Bertz CT molecular complexity index is 1410. The second kappa shape index (κ2) is 14.0. The first-order valence-electron chi connectivity index (χ1n) is 15.7. The monoisotopic (exact) mass is 706 g/mol. The third-order valence-electron chi connectivity index (χ3n) is 6.79. The first kappa shape index (κ1) is 35.8. The van der Waals surface area contributed by atoms with Crippen LogP contribution in [-0.2, 0) is 20.6 Å². The Kier molecular flexibility index (Phi) is 11.1. The fourth-order valence-corrected chi connectivity index (χ4v) is 33.4. The second-order valence-corrected chi connectivity index (χ2v) is 37.1. The van der Waals surface area contributed by atoms with Gasteiger partial charge in [0.1, 0.15) is 0 Å². The zero-order valence-electron chi connectivity index (χ0n) is 28.6. The van der Waals surface area contributed by atoms with Crippen LogP contribution in [0.5, 0.6) is 0 Å². The first-order chi connectivity index (χ1) is 21.0. The molecule has 0 unspecified atom stereocenters. The minimum atomic E-state index is -3.57. The van der Waals surface area contributed by atoms with Gasteiger partial charge in [-0.25, -0.2) is 0 Å². The van der Waals surface area contributed by atoms with E-state index in [4.69, 9.17) is 20.6 Å². The Morgan fingerprint density at radius 1 is 0.289 bits per heavy atom. The normalized spacial score (nSPS) is 13.6. The highest BCUT2D eigenvalue weighted by molar-refractivity contribution is 7.08. The summed E-state index contributed by atoms with van der Waals surface area (Å²) in [6, 6.07) is 42.0. The summed E-state index contributed by atoms with van der Waals surface area (Å²) >= 11 is 0. The molecule has 0 fully saturated rings. The van der Waals surface area contributed by atoms with Crippen LogP contribution in [0.15, 0.2) is 121 Å². The van der Waals surface area contributed by atoms with Gasteiger partial charge < -0.3 is 20.6 Å². The molecule has 0 aliphatic carbocycles. The fourth-order valence-electron chi connectivity index (χ4n) is 5.83. The minimum absolute atomic E-state index is 1.02. The summed E-state index contributed by atoms with van der Waals surface area (Å²) in [5, 5.41) is 4.16. The molecule has 0 N–H and O–H groups in total. The van der Waals surface area contributed by atoms with Gasteiger partial charge in [0.25, 0.3) is 0 Å². The van der Waals surface area contributed by atoms with Crippen molar-refractivity contribution in [3.8, 4) is 0 Å². The summed E-state index contributed by atoms with van der Waals surface area (Å²) < 4.78 is 36.8. The fraction of sp³-hybridized carbons (Fsp3) is 0.294. The molecule has 0 saturated carbocycles. The van der Waals surface area contributed by atoms with Gasteiger partial charge in [-0.3, -0.25) is 0 Å². The van der Waals surface area contributed by atoms with E-state index >= 15 is 0 Å². The molecule has 4 aromatic carbocycles. The van der Waals surface area contributed by atoms with Crippen LogP contribution >= 0.6 is 0 Å². The molecule has 0 atom stereocenters. The van der Waals surface area contributed by atoms with Crippen molar-refractivity contribution in [1.82, 2.24) is 0 Å². The highest BCUT2D eigenvalue weighted by Crippen LogP contribution is 2.28. The molecule has 240 valence electrons. The van der Waals surface area contributed by atoms with Gasteiger partial charge >= 0.3 is 34.2 Å². The topological polar surface area (TPSA) is 46.2 Å². The summed E-state index contributed by atoms with van der Waals surface area (Å²) in [6.07, 6.45) is 0. The lowest BCUT2D eigenvalue weighted by molar-refractivity contribution is 0.295. The molecule has 0 radical (unpaired) electrons. The third-order valence-corrected chi connectivity index (χ3v) is 28.5. The van der Waals surface area contributed by atoms with Crippen LogP contribution < -0.4 is 20.7 Å². The van der Waals surface area contributed by atoms with Crippen molar-refractivity contribution >= 4 is 71.6 Å². The van der Waals surface area contributed by atoms with E-state index in [9.17, 15) is 0 Å². The minimum Gasteiger partial charge on any atom is -0.437 e. The third kappa shape index (κ3) is 9.51. The summed E-state index contributed by atoms with van der Waals surface area (Å²) in [7, 11) is -16.5. The lowest BCUT2D eigenvalue weighted by atomic mass is 10.4. The van der Waals surface area contributed by atoms with Gasteiger partial charge in [0, 0.05) is 0 Å². The van der Waals surface area contributed by atoms with E-state index in [1.54, 1.807) is 0 Å². The van der Waals surface area contributed by atoms with Crippen molar-refractivity contribution in [2.75, 3.05) is 0 Å². The van der Waals surface area contributed by atoms with Crippen LogP contribution in [0.3, 0.4) is 0 Å². The number of rotatable bonds is 14. The molecule has 0 saturated heterocycles. The molecule has 0 aliphatic heterocycles. The van der Waals surface area contributed by atoms with Crippen LogP contribution in [-0.4, -0.2) is 50.9 Å². The predicted molar refractivity (Wildman–Crippen MR) is 203 cm³/mol. The molecule has 4 rings (SSSR count). The van der Waals surface area contributed by atoms with Gasteiger partial charge in [0.05, 0.1) is 0 Å². The van der Waals surface area contributed by atoms with Gasteiger partial charge in [0.15, 0.2) is 16.6 Å². The Morgan fingerprint density at radius 3 is 0.844 bits per heavy atom. The molecule has 4 aromatic rings. The number of hydrogen-bond acceptors (Lipinski definition) is 5. The van der Waals surface area contributed by atoms with E-state index in [1.165, 1.54) is 0 Å². The maximum Gasteiger partial charge on any atom is 0.389 e. The SMILES string of the molecule is C[Si](C)(C)O[Si](C)(C)O[Si](C)(C)O[Si](O[Si](O[Si](C)(C)C)(c1ccccc1)c1ccccc1)(c1ccccc1)c1ccccc1. The van der Waals surface area contributed by atoms with Crippen LogP contribution in [0.25, 0.3) is 0 Å². The molecule has 45 heavy (non-hydrogen) atoms. The van der Waals surface area contributed by atoms with Gasteiger partial charge in [0.2, 0.25) is 0 Å². The molecule has 0 aliphatic rings. The highest BCUT2D eigenvalue weighted by Gasteiger charge is 2.58. The van der Waals surface area contributed by atoms with Crippen molar-refractivity contribution in [2.45, 2.75) is 65.5 Å². The van der Waals surface area contributed by atoms with Gasteiger partial charge in [-0.05, 0) is 86.2 Å². The van der Waals surface area contributed by atoms with Crippen LogP contribution in [0.2, 0.25) is 65.5 Å². The summed E-state index contributed by atoms with van der Waals surface area (Å²) in [5.41, 5.74) is 0. The molecule has 0 amide bonds. The Balaban J connectivity index is 2.04. The average Bonchev–Trinajstić information content (AvgIpc) is 2.95. The van der Waals surface area contributed by atoms with Gasteiger partial charge in [-0.1, -0.05) is 121 Å².